The van der Waals surface area contributed by atoms with Crippen LogP contribution in [-0.4, -0.2) is 10.9 Å². The van der Waals surface area contributed by atoms with Crippen LogP contribution in [0.25, 0.3) is 11.0 Å². The Kier molecular flexibility index (Phi) is 3.01. The van der Waals surface area contributed by atoms with Gasteiger partial charge in [-0.2, -0.15) is 0 Å². The third-order valence-corrected chi connectivity index (χ3v) is 5.13. The minimum Gasteiger partial charge on any atom is -0.455 e. The van der Waals surface area contributed by atoms with Gasteiger partial charge in [0, 0.05) is 22.0 Å². The van der Waals surface area contributed by atoms with Gasteiger partial charge < -0.3 is 9.52 Å². The average Bonchev–Trinajstić information content (AvgIpc) is 3.11. The fraction of sp³-hybridized carbons (Fsp3) is 0.176. The molecule has 0 amide bonds. The number of benzene rings is 2. The van der Waals surface area contributed by atoms with Crippen molar-refractivity contribution < 1.29 is 13.9 Å². The maximum atomic E-state index is 13.7. The van der Waals surface area contributed by atoms with E-state index in [0.717, 1.165) is 11.3 Å². The van der Waals surface area contributed by atoms with Gasteiger partial charge in [-0.05, 0) is 23.8 Å². The molecule has 106 valence electrons. The van der Waals surface area contributed by atoms with E-state index in [1.54, 1.807) is 30.0 Å². The van der Waals surface area contributed by atoms with Crippen molar-refractivity contribution in [3.8, 4) is 0 Å². The van der Waals surface area contributed by atoms with Gasteiger partial charge in [0.25, 0.3) is 0 Å². The van der Waals surface area contributed by atoms with Crippen LogP contribution in [0.15, 0.2) is 57.8 Å². The summed E-state index contributed by atoms with van der Waals surface area (Å²) in [5.74, 6) is 0.819. The van der Waals surface area contributed by atoms with Crippen molar-refractivity contribution in [3.63, 3.8) is 0 Å². The molecule has 2 atom stereocenters. The normalized spacial score (nSPS) is 18.9. The van der Waals surface area contributed by atoms with E-state index in [2.05, 4.69) is 6.07 Å². The summed E-state index contributed by atoms with van der Waals surface area (Å²) < 4.78 is 19.3. The van der Waals surface area contributed by atoms with Gasteiger partial charge in [0.1, 0.15) is 11.9 Å². The molecule has 0 aliphatic carbocycles. The molecular weight excluding hydrogens is 287 g/mol. The van der Waals surface area contributed by atoms with Gasteiger partial charge >= 0.3 is 0 Å². The number of hydrogen-bond acceptors (Lipinski definition) is 3. The molecular formula is C17H13FO2S. The second-order valence-corrected chi connectivity index (χ2v) is 6.27. The van der Waals surface area contributed by atoms with E-state index in [1.807, 2.05) is 18.2 Å². The van der Waals surface area contributed by atoms with E-state index in [4.69, 9.17) is 4.42 Å². The van der Waals surface area contributed by atoms with Crippen molar-refractivity contribution in [2.45, 2.75) is 16.9 Å². The molecule has 1 aromatic heterocycles. The monoisotopic (exact) mass is 300 g/mol. The molecule has 0 saturated carbocycles. The number of aliphatic hydroxyl groups is 1. The first-order chi connectivity index (χ1) is 10.2. The van der Waals surface area contributed by atoms with Crippen molar-refractivity contribution in [2.75, 3.05) is 5.75 Å². The van der Waals surface area contributed by atoms with E-state index >= 15 is 0 Å². The minimum absolute atomic E-state index is 0.0187. The largest absolute Gasteiger partial charge is 0.455 e. The Labute approximate surface area is 125 Å². The maximum absolute atomic E-state index is 13.7. The molecule has 2 heterocycles. The van der Waals surface area contributed by atoms with E-state index < -0.39 is 11.9 Å². The highest BCUT2D eigenvalue weighted by molar-refractivity contribution is 7.99. The van der Waals surface area contributed by atoms with E-state index in [-0.39, 0.29) is 11.5 Å². The summed E-state index contributed by atoms with van der Waals surface area (Å²) in [6.45, 7) is 0. The second kappa shape index (κ2) is 4.90. The highest BCUT2D eigenvalue weighted by Gasteiger charge is 2.32. The third kappa shape index (κ3) is 2.06. The number of furan rings is 1. The zero-order valence-corrected chi connectivity index (χ0v) is 11.9. The molecule has 2 nitrogen and oxygen atoms in total. The highest BCUT2D eigenvalue weighted by atomic mass is 32.2. The standard InChI is InChI=1S/C17H13FO2S/c18-13-6-3-4-10-8-14(20-17(10)13)16(19)12-9-21-15-7-2-1-5-11(12)15/h1-8,12,16,19H,9H2. The zero-order valence-electron chi connectivity index (χ0n) is 11.1. The van der Waals surface area contributed by atoms with Gasteiger partial charge in [0.15, 0.2) is 11.4 Å². The van der Waals surface area contributed by atoms with E-state index in [9.17, 15) is 9.50 Å². The lowest BCUT2D eigenvalue weighted by Gasteiger charge is -2.16. The van der Waals surface area contributed by atoms with Gasteiger partial charge in [0.2, 0.25) is 0 Å². The van der Waals surface area contributed by atoms with Crippen LogP contribution in [0.1, 0.15) is 23.3 Å². The van der Waals surface area contributed by atoms with Crippen molar-refractivity contribution in [2.24, 2.45) is 0 Å². The molecule has 4 rings (SSSR count). The molecule has 0 fully saturated rings. The topological polar surface area (TPSA) is 33.4 Å². The molecule has 2 aromatic carbocycles. The Morgan fingerprint density at radius 1 is 1.19 bits per heavy atom. The van der Waals surface area contributed by atoms with Crippen molar-refractivity contribution in [1.82, 2.24) is 0 Å². The van der Waals surface area contributed by atoms with Gasteiger partial charge in [-0.15, -0.1) is 11.8 Å². The summed E-state index contributed by atoms with van der Waals surface area (Å²) in [6.07, 6.45) is -0.757. The Hall–Kier alpha value is -1.78. The van der Waals surface area contributed by atoms with Crippen LogP contribution >= 0.6 is 11.8 Å². The van der Waals surface area contributed by atoms with Crippen LogP contribution in [0.4, 0.5) is 4.39 Å². The fourth-order valence-electron chi connectivity index (χ4n) is 2.84. The number of fused-ring (bicyclic) bond motifs is 2. The first kappa shape index (κ1) is 12.9. The number of aliphatic hydroxyl groups excluding tert-OH is 1. The lowest BCUT2D eigenvalue weighted by Crippen LogP contribution is -2.09. The van der Waals surface area contributed by atoms with Crippen LogP contribution in [0.2, 0.25) is 0 Å². The predicted octanol–water partition coefficient (Wildman–Crippen LogP) is 4.49. The van der Waals surface area contributed by atoms with E-state index in [1.165, 1.54) is 11.0 Å². The number of halogens is 1. The minimum atomic E-state index is -0.757. The molecule has 1 N–H and O–H groups in total. The lowest BCUT2D eigenvalue weighted by molar-refractivity contribution is 0.129. The molecule has 3 aromatic rings. The van der Waals surface area contributed by atoms with Gasteiger partial charge in [-0.3, -0.25) is 0 Å². The fourth-order valence-corrected chi connectivity index (χ4v) is 4.12. The Morgan fingerprint density at radius 3 is 2.90 bits per heavy atom. The van der Waals surface area contributed by atoms with Crippen LogP contribution in [0.5, 0.6) is 0 Å². The Balaban J connectivity index is 1.74. The molecule has 0 spiro atoms. The molecule has 0 radical (unpaired) electrons. The molecule has 0 saturated heterocycles. The number of thioether (sulfide) groups is 1. The third-order valence-electron chi connectivity index (χ3n) is 3.92. The molecule has 21 heavy (non-hydrogen) atoms. The van der Waals surface area contributed by atoms with Crippen molar-refractivity contribution >= 4 is 22.7 Å². The first-order valence-corrected chi connectivity index (χ1v) is 7.80. The predicted molar refractivity (Wildman–Crippen MR) is 81.0 cm³/mol. The molecule has 2 unspecified atom stereocenters. The number of rotatable bonds is 2. The van der Waals surface area contributed by atoms with Gasteiger partial charge in [-0.1, -0.05) is 30.3 Å². The van der Waals surface area contributed by atoms with Crippen molar-refractivity contribution in [3.05, 3.63) is 65.7 Å². The smallest absolute Gasteiger partial charge is 0.170 e. The number of para-hydroxylation sites is 1. The summed E-state index contributed by atoms with van der Waals surface area (Å²) >= 11 is 1.73. The summed E-state index contributed by atoms with van der Waals surface area (Å²) in [7, 11) is 0. The van der Waals surface area contributed by atoms with Crippen LogP contribution in [-0.2, 0) is 0 Å². The van der Waals surface area contributed by atoms with Crippen LogP contribution in [0, 0.1) is 5.82 Å². The van der Waals surface area contributed by atoms with Crippen LogP contribution < -0.4 is 0 Å². The summed E-state index contributed by atoms with van der Waals surface area (Å²) in [4.78, 5) is 1.20. The van der Waals surface area contributed by atoms with Crippen LogP contribution in [0.3, 0.4) is 0 Å². The zero-order chi connectivity index (χ0) is 14.4. The lowest BCUT2D eigenvalue weighted by atomic mass is 9.94. The molecule has 1 aliphatic heterocycles. The summed E-state index contributed by atoms with van der Waals surface area (Å²) in [5.41, 5.74) is 1.35. The van der Waals surface area contributed by atoms with Gasteiger partial charge in [0.05, 0.1) is 0 Å². The summed E-state index contributed by atoms with van der Waals surface area (Å²) in [6, 6.07) is 14.6. The van der Waals surface area contributed by atoms with Gasteiger partial charge in [-0.25, -0.2) is 4.39 Å². The molecule has 4 heteroatoms. The maximum Gasteiger partial charge on any atom is 0.170 e. The SMILES string of the molecule is OC(c1cc2cccc(F)c2o1)C1CSc2ccccc21. The summed E-state index contributed by atoms with van der Waals surface area (Å²) in [5, 5.41) is 11.3. The first-order valence-electron chi connectivity index (χ1n) is 6.82. The number of hydrogen-bond donors (Lipinski definition) is 1. The average molecular weight is 300 g/mol. The highest BCUT2D eigenvalue weighted by Crippen LogP contribution is 2.46. The molecule has 0 bridgehead atoms. The molecule has 1 aliphatic rings. The van der Waals surface area contributed by atoms with E-state index in [0.29, 0.717) is 11.1 Å². The quantitative estimate of drug-likeness (QED) is 0.756. The van der Waals surface area contributed by atoms with Crippen molar-refractivity contribution in [1.29, 1.82) is 0 Å². The second-order valence-electron chi connectivity index (χ2n) is 5.21. The Bertz CT molecular complexity index is 811. The Morgan fingerprint density at radius 2 is 2.05 bits per heavy atom.